The van der Waals surface area contributed by atoms with Crippen LogP contribution in [0.2, 0.25) is 0 Å². The topological polar surface area (TPSA) is 109 Å². The summed E-state index contributed by atoms with van der Waals surface area (Å²) in [4.78, 5) is 35.2. The van der Waals surface area contributed by atoms with Crippen LogP contribution in [-0.4, -0.2) is 47.8 Å². The first kappa shape index (κ1) is 14.9. The van der Waals surface area contributed by atoms with Crippen LogP contribution in [-0.2, 0) is 24.5 Å². The smallest absolute Gasteiger partial charge is 0.267 e. The summed E-state index contributed by atoms with van der Waals surface area (Å²) in [6.45, 7) is -0.201. The number of imide groups is 1. The van der Waals surface area contributed by atoms with Gasteiger partial charge in [-0.1, -0.05) is 6.42 Å². The molecule has 2 atom stereocenters. The molecular formula is C12H14NO6S. The van der Waals surface area contributed by atoms with Crippen LogP contribution in [0.3, 0.4) is 0 Å². The zero-order valence-electron chi connectivity index (χ0n) is 10.6. The Balaban J connectivity index is 2.19. The maximum absolute atomic E-state index is 11.5. The third-order valence-electron chi connectivity index (χ3n) is 3.80. The molecule has 0 spiro atoms. The lowest BCUT2D eigenvalue weighted by Gasteiger charge is -2.36. The zero-order chi connectivity index (χ0) is 15.0. The Bertz CT molecular complexity index is 563. The normalized spacial score (nSPS) is 30.9. The van der Waals surface area contributed by atoms with Gasteiger partial charge in [0.25, 0.3) is 21.9 Å². The Labute approximate surface area is 116 Å². The first-order valence-corrected chi connectivity index (χ1v) is 7.67. The minimum Gasteiger partial charge on any atom is -0.290 e. The number of rotatable bonds is 4. The van der Waals surface area contributed by atoms with Crippen molar-refractivity contribution in [3.05, 3.63) is 12.2 Å². The van der Waals surface area contributed by atoms with Crippen molar-refractivity contribution in [2.45, 2.75) is 30.9 Å². The quantitative estimate of drug-likeness (QED) is 0.570. The van der Waals surface area contributed by atoms with Gasteiger partial charge in [-0.15, -0.1) is 0 Å². The summed E-state index contributed by atoms with van der Waals surface area (Å²) in [6, 6.07) is 0. The number of nitrogens with zero attached hydrogens (tertiary/aromatic N) is 1. The highest BCUT2D eigenvalue weighted by Crippen LogP contribution is 2.38. The van der Waals surface area contributed by atoms with E-state index >= 15 is 0 Å². The molecule has 1 heterocycles. The SMILES string of the molecule is O=[C]C1(CN2C(=O)C=CC2=O)CCCC(S(=O)(=O)O)C1. The molecule has 2 aliphatic rings. The number of amides is 2. The fourth-order valence-corrected chi connectivity index (χ4v) is 3.71. The predicted octanol–water partition coefficient (Wildman–Crippen LogP) is -0.162. The van der Waals surface area contributed by atoms with E-state index in [2.05, 4.69) is 0 Å². The first-order chi connectivity index (χ1) is 9.27. The van der Waals surface area contributed by atoms with Crippen LogP contribution in [0, 0.1) is 5.41 Å². The molecule has 20 heavy (non-hydrogen) atoms. The van der Waals surface area contributed by atoms with Gasteiger partial charge >= 0.3 is 0 Å². The number of carbonyl (C=O) groups is 2. The van der Waals surface area contributed by atoms with E-state index < -0.39 is 32.6 Å². The lowest BCUT2D eigenvalue weighted by Crippen LogP contribution is -2.46. The number of hydrogen-bond donors (Lipinski definition) is 1. The van der Waals surface area contributed by atoms with E-state index in [9.17, 15) is 22.8 Å². The van der Waals surface area contributed by atoms with Crippen molar-refractivity contribution < 1.29 is 27.4 Å². The van der Waals surface area contributed by atoms with Gasteiger partial charge in [-0.05, 0) is 19.3 Å². The molecule has 1 fully saturated rings. The molecule has 0 aromatic rings. The lowest BCUT2D eigenvalue weighted by atomic mass is 9.74. The Hall–Kier alpha value is -1.54. The lowest BCUT2D eigenvalue weighted by molar-refractivity contribution is -0.138. The third kappa shape index (κ3) is 2.80. The van der Waals surface area contributed by atoms with Crippen molar-refractivity contribution in [3.8, 4) is 0 Å². The molecule has 0 aromatic heterocycles. The van der Waals surface area contributed by atoms with Crippen LogP contribution < -0.4 is 0 Å². The van der Waals surface area contributed by atoms with Crippen LogP contribution in [0.25, 0.3) is 0 Å². The van der Waals surface area contributed by atoms with Crippen LogP contribution in [0.15, 0.2) is 12.2 Å². The fourth-order valence-electron chi connectivity index (χ4n) is 2.72. The minimum absolute atomic E-state index is 0.133. The Morgan fingerprint density at radius 3 is 2.45 bits per heavy atom. The van der Waals surface area contributed by atoms with Crippen molar-refractivity contribution in [2.24, 2.45) is 5.41 Å². The van der Waals surface area contributed by atoms with Gasteiger partial charge in [-0.2, -0.15) is 8.42 Å². The molecule has 1 saturated carbocycles. The molecule has 0 saturated heterocycles. The molecule has 1 radical (unpaired) electrons. The van der Waals surface area contributed by atoms with Gasteiger partial charge in [0.2, 0.25) is 6.29 Å². The molecule has 1 aliphatic carbocycles. The van der Waals surface area contributed by atoms with Crippen molar-refractivity contribution in [1.82, 2.24) is 4.90 Å². The van der Waals surface area contributed by atoms with Crippen LogP contribution in [0.4, 0.5) is 0 Å². The highest BCUT2D eigenvalue weighted by atomic mass is 32.2. The first-order valence-electron chi connectivity index (χ1n) is 6.17. The highest BCUT2D eigenvalue weighted by Gasteiger charge is 2.44. The zero-order valence-corrected chi connectivity index (χ0v) is 11.4. The molecule has 2 unspecified atom stereocenters. The van der Waals surface area contributed by atoms with E-state index in [0.717, 1.165) is 17.1 Å². The second-order valence-electron chi connectivity index (χ2n) is 5.21. The molecule has 1 N–H and O–H groups in total. The van der Waals surface area contributed by atoms with E-state index in [1.54, 1.807) is 6.29 Å². The van der Waals surface area contributed by atoms with E-state index in [0.29, 0.717) is 12.8 Å². The number of hydrogen-bond acceptors (Lipinski definition) is 5. The second-order valence-corrected chi connectivity index (χ2v) is 6.91. The molecule has 0 bridgehead atoms. The van der Waals surface area contributed by atoms with Gasteiger partial charge < -0.3 is 0 Å². The summed E-state index contributed by atoms with van der Waals surface area (Å²) in [5, 5.41) is -1.06. The van der Waals surface area contributed by atoms with E-state index in [1.807, 2.05) is 0 Å². The molecule has 109 valence electrons. The molecule has 2 amide bonds. The summed E-state index contributed by atoms with van der Waals surface area (Å²) in [5.41, 5.74) is -1.23. The standard InChI is InChI=1S/C12H14NO6S/c14-8-12(7-13-10(15)3-4-11(13)16)5-1-2-9(6-12)20(17,18)19/h3-4,9H,1-2,5-7H2,(H,17,18,19). The van der Waals surface area contributed by atoms with Crippen molar-refractivity contribution in [3.63, 3.8) is 0 Å². The van der Waals surface area contributed by atoms with Gasteiger partial charge in [-0.3, -0.25) is 23.8 Å². The summed E-state index contributed by atoms with van der Waals surface area (Å²) < 4.78 is 31.6. The van der Waals surface area contributed by atoms with Gasteiger partial charge in [0.05, 0.1) is 10.7 Å². The Kier molecular flexibility index (Phi) is 3.79. The molecule has 0 aromatic carbocycles. The van der Waals surface area contributed by atoms with E-state index in [1.165, 1.54) is 0 Å². The maximum Gasteiger partial charge on any atom is 0.267 e. The monoisotopic (exact) mass is 300 g/mol. The van der Waals surface area contributed by atoms with Crippen molar-refractivity contribution >= 4 is 28.2 Å². The van der Waals surface area contributed by atoms with Crippen LogP contribution in [0.5, 0.6) is 0 Å². The van der Waals surface area contributed by atoms with Gasteiger partial charge in [0, 0.05) is 18.7 Å². The fraction of sp³-hybridized carbons (Fsp3) is 0.583. The average Bonchev–Trinajstić information content (AvgIpc) is 2.70. The summed E-state index contributed by atoms with van der Waals surface area (Å²) in [5.74, 6) is -1.06. The van der Waals surface area contributed by atoms with Crippen LogP contribution >= 0.6 is 0 Å². The van der Waals surface area contributed by atoms with E-state index in [-0.39, 0.29) is 19.4 Å². The second kappa shape index (κ2) is 5.10. The third-order valence-corrected chi connectivity index (χ3v) is 5.04. The summed E-state index contributed by atoms with van der Waals surface area (Å²) in [6.07, 6.45) is 4.85. The summed E-state index contributed by atoms with van der Waals surface area (Å²) >= 11 is 0. The molecule has 8 heteroatoms. The molecule has 7 nitrogen and oxygen atoms in total. The van der Waals surface area contributed by atoms with Gasteiger partial charge in [0.1, 0.15) is 0 Å². The average molecular weight is 300 g/mol. The van der Waals surface area contributed by atoms with Crippen molar-refractivity contribution in [1.29, 1.82) is 0 Å². The van der Waals surface area contributed by atoms with Crippen LogP contribution in [0.1, 0.15) is 25.7 Å². The predicted molar refractivity (Wildman–Crippen MR) is 67.8 cm³/mol. The van der Waals surface area contributed by atoms with Gasteiger partial charge in [0.15, 0.2) is 0 Å². The highest BCUT2D eigenvalue weighted by molar-refractivity contribution is 7.86. The van der Waals surface area contributed by atoms with E-state index in [4.69, 9.17) is 4.55 Å². The largest absolute Gasteiger partial charge is 0.290 e. The molecule has 1 aliphatic heterocycles. The maximum atomic E-state index is 11.5. The Morgan fingerprint density at radius 2 is 1.95 bits per heavy atom. The Morgan fingerprint density at radius 1 is 1.35 bits per heavy atom. The molecule has 2 rings (SSSR count). The summed E-state index contributed by atoms with van der Waals surface area (Å²) in [7, 11) is -4.25. The number of carbonyl (C=O) groups excluding carboxylic acids is 3. The van der Waals surface area contributed by atoms with Crippen molar-refractivity contribution in [2.75, 3.05) is 6.54 Å². The van der Waals surface area contributed by atoms with Gasteiger partial charge in [-0.25, -0.2) is 0 Å². The molecular weight excluding hydrogens is 286 g/mol. The minimum atomic E-state index is -4.25.